The molecule has 3 N–H and O–H groups in total. The third kappa shape index (κ3) is 4.71. The minimum Gasteiger partial charge on any atom is -0.359 e. The van der Waals surface area contributed by atoms with E-state index in [0.29, 0.717) is 29.5 Å². The van der Waals surface area contributed by atoms with Crippen LogP contribution < -0.4 is 15.5 Å². The second kappa shape index (κ2) is 9.62. The number of carbonyl (C=O) groups is 2. The summed E-state index contributed by atoms with van der Waals surface area (Å²) >= 11 is 5.99. The van der Waals surface area contributed by atoms with Gasteiger partial charge in [-0.2, -0.15) is 0 Å². The monoisotopic (exact) mass is 464 g/mol. The highest BCUT2D eigenvalue weighted by atomic mass is 35.5. The number of rotatable bonds is 7. The highest BCUT2D eigenvalue weighted by Gasteiger charge is 2.51. The van der Waals surface area contributed by atoms with E-state index in [1.54, 1.807) is 48.5 Å². The van der Waals surface area contributed by atoms with E-state index in [4.69, 9.17) is 11.6 Å². The molecule has 1 heterocycles. The fourth-order valence-corrected chi connectivity index (χ4v) is 4.04. The van der Waals surface area contributed by atoms with Gasteiger partial charge in [0.25, 0.3) is 11.6 Å². The van der Waals surface area contributed by atoms with Crippen LogP contribution in [0.2, 0.25) is 5.02 Å². The lowest BCUT2D eigenvalue weighted by molar-refractivity contribution is -0.140. The third-order valence-corrected chi connectivity index (χ3v) is 5.80. The summed E-state index contributed by atoms with van der Waals surface area (Å²) in [6, 6.07) is 22.5. The summed E-state index contributed by atoms with van der Waals surface area (Å²) in [6.07, 6.45) is 0. The summed E-state index contributed by atoms with van der Waals surface area (Å²) < 4.78 is 0. The Morgan fingerprint density at radius 2 is 1.73 bits per heavy atom. The summed E-state index contributed by atoms with van der Waals surface area (Å²) in [4.78, 5) is 29.5. The van der Waals surface area contributed by atoms with E-state index >= 15 is 0 Å². The first-order valence-corrected chi connectivity index (χ1v) is 11.0. The molecule has 33 heavy (non-hydrogen) atoms. The van der Waals surface area contributed by atoms with E-state index in [1.165, 1.54) is 0 Å². The molecular formula is C25H25ClN4O3. The van der Waals surface area contributed by atoms with Gasteiger partial charge in [0.2, 0.25) is 0 Å². The largest absolute Gasteiger partial charge is 0.359 e. The molecule has 0 saturated heterocycles. The van der Waals surface area contributed by atoms with E-state index in [0.717, 1.165) is 17.0 Å². The highest BCUT2D eigenvalue weighted by Crippen LogP contribution is 2.39. The zero-order valence-corrected chi connectivity index (χ0v) is 18.9. The number of nitrogens with one attached hydrogen (secondary N) is 2. The minimum atomic E-state index is -2.23. The number of fused-ring (bicyclic) bond motifs is 1. The van der Waals surface area contributed by atoms with Crippen LogP contribution in [0, 0.1) is 0 Å². The standard InChI is InChI=1S/C25H25ClN4O3/c1-29(17-18-7-3-2-4-8-18)16-15-27-23(31)25(33)21-9-5-6-10-22(21)28-24(32)30(25)20-13-11-19(26)12-14-20/h2-14,33H,15-17H2,1H3,(H,27,31)(H,28,32). The Hall–Kier alpha value is -3.39. The Labute approximate surface area is 197 Å². The van der Waals surface area contributed by atoms with Crippen molar-refractivity contribution in [2.75, 3.05) is 30.4 Å². The van der Waals surface area contributed by atoms with Crippen LogP contribution in [0.4, 0.5) is 16.2 Å². The zero-order valence-electron chi connectivity index (χ0n) is 18.2. The predicted octanol–water partition coefficient (Wildman–Crippen LogP) is 3.79. The molecule has 1 atom stereocenters. The number of carbonyl (C=O) groups excluding carboxylic acids is 2. The van der Waals surface area contributed by atoms with Crippen molar-refractivity contribution in [1.29, 1.82) is 0 Å². The summed E-state index contributed by atoms with van der Waals surface area (Å²) in [5, 5.41) is 17.8. The minimum absolute atomic E-state index is 0.287. The first kappa shape index (κ1) is 22.8. The number of anilines is 2. The first-order valence-electron chi connectivity index (χ1n) is 10.6. The predicted molar refractivity (Wildman–Crippen MR) is 129 cm³/mol. The van der Waals surface area contributed by atoms with E-state index < -0.39 is 17.7 Å². The fourth-order valence-electron chi connectivity index (χ4n) is 3.91. The molecule has 0 fully saturated rings. The number of urea groups is 1. The van der Waals surface area contributed by atoms with E-state index in [2.05, 4.69) is 15.5 Å². The normalized spacial score (nSPS) is 17.5. The summed E-state index contributed by atoms with van der Waals surface area (Å²) in [5.41, 5.74) is -0.0617. The number of likely N-dealkylation sites (N-methyl/N-ethyl adjacent to an activating group) is 1. The highest BCUT2D eigenvalue weighted by molar-refractivity contribution is 6.30. The molecule has 1 unspecified atom stereocenters. The molecule has 0 aromatic heterocycles. The van der Waals surface area contributed by atoms with Gasteiger partial charge in [0.05, 0.1) is 5.69 Å². The quantitative estimate of drug-likeness (QED) is 0.496. The van der Waals surface area contributed by atoms with Crippen molar-refractivity contribution >= 4 is 34.9 Å². The molecular weight excluding hydrogens is 440 g/mol. The molecule has 3 aromatic rings. The second-order valence-corrected chi connectivity index (χ2v) is 8.38. The van der Waals surface area contributed by atoms with Crippen molar-refractivity contribution in [2.24, 2.45) is 0 Å². The van der Waals surface area contributed by atoms with Crippen LogP contribution in [0.15, 0.2) is 78.9 Å². The second-order valence-electron chi connectivity index (χ2n) is 7.94. The maximum Gasteiger partial charge on any atom is 0.329 e. The number of hydrogen-bond acceptors (Lipinski definition) is 4. The smallest absolute Gasteiger partial charge is 0.329 e. The van der Waals surface area contributed by atoms with Crippen LogP contribution >= 0.6 is 11.6 Å². The molecule has 0 bridgehead atoms. The molecule has 1 aliphatic rings. The Balaban J connectivity index is 1.55. The third-order valence-electron chi connectivity index (χ3n) is 5.55. The Morgan fingerprint density at radius 3 is 2.45 bits per heavy atom. The lowest BCUT2D eigenvalue weighted by atomic mass is 9.95. The summed E-state index contributed by atoms with van der Waals surface area (Å²) in [7, 11) is 1.96. The van der Waals surface area contributed by atoms with Crippen LogP contribution in [0.5, 0.6) is 0 Å². The molecule has 0 spiro atoms. The van der Waals surface area contributed by atoms with E-state index in [9.17, 15) is 14.7 Å². The first-order chi connectivity index (χ1) is 15.9. The molecule has 4 rings (SSSR count). The molecule has 7 nitrogen and oxygen atoms in total. The Morgan fingerprint density at radius 1 is 1.06 bits per heavy atom. The molecule has 1 aliphatic heterocycles. The molecule has 0 aliphatic carbocycles. The van der Waals surface area contributed by atoms with Gasteiger partial charge in [-0.05, 0) is 42.9 Å². The van der Waals surface area contributed by atoms with Crippen LogP contribution in [0.25, 0.3) is 0 Å². The van der Waals surface area contributed by atoms with Gasteiger partial charge < -0.3 is 20.6 Å². The van der Waals surface area contributed by atoms with Crippen LogP contribution in [-0.4, -0.2) is 42.1 Å². The molecule has 3 aromatic carbocycles. The SMILES string of the molecule is CN(CCNC(=O)C1(O)c2ccccc2NC(=O)N1c1ccc(Cl)cc1)Cc1ccccc1. The van der Waals surface area contributed by atoms with Crippen molar-refractivity contribution in [3.05, 3.63) is 95.0 Å². The van der Waals surface area contributed by atoms with Gasteiger partial charge in [-0.25, -0.2) is 4.79 Å². The molecule has 170 valence electrons. The summed E-state index contributed by atoms with van der Waals surface area (Å²) in [6.45, 7) is 1.58. The van der Waals surface area contributed by atoms with Crippen molar-refractivity contribution < 1.29 is 14.7 Å². The zero-order chi connectivity index (χ0) is 23.4. The lowest BCUT2D eigenvalue weighted by Gasteiger charge is -2.42. The van der Waals surface area contributed by atoms with Crippen LogP contribution in [0.3, 0.4) is 0 Å². The average Bonchev–Trinajstić information content (AvgIpc) is 2.81. The van der Waals surface area contributed by atoms with Crippen LogP contribution in [0.1, 0.15) is 11.1 Å². The number of nitrogens with zero attached hydrogens (tertiary/aromatic N) is 2. The van der Waals surface area contributed by atoms with Gasteiger partial charge >= 0.3 is 6.03 Å². The van der Waals surface area contributed by atoms with Gasteiger partial charge in [0.1, 0.15) is 0 Å². The van der Waals surface area contributed by atoms with Crippen LogP contribution in [-0.2, 0) is 17.1 Å². The molecule has 3 amide bonds. The van der Waals surface area contributed by atoms with Gasteiger partial charge in [0, 0.05) is 35.9 Å². The van der Waals surface area contributed by atoms with Gasteiger partial charge in [0.15, 0.2) is 0 Å². The topological polar surface area (TPSA) is 84.9 Å². The van der Waals surface area contributed by atoms with Gasteiger partial charge in [-0.3, -0.25) is 9.69 Å². The Kier molecular flexibility index (Phi) is 6.65. The maximum absolute atomic E-state index is 13.4. The maximum atomic E-state index is 13.4. The van der Waals surface area contributed by atoms with E-state index in [1.807, 2.05) is 37.4 Å². The molecule has 0 radical (unpaired) electrons. The number of halogens is 1. The number of hydrogen-bond donors (Lipinski definition) is 3. The molecule has 8 heteroatoms. The van der Waals surface area contributed by atoms with Crippen molar-refractivity contribution in [3.63, 3.8) is 0 Å². The van der Waals surface area contributed by atoms with Gasteiger partial charge in [-0.1, -0.05) is 60.1 Å². The van der Waals surface area contributed by atoms with Crippen molar-refractivity contribution in [2.45, 2.75) is 12.3 Å². The van der Waals surface area contributed by atoms with E-state index in [-0.39, 0.29) is 5.56 Å². The van der Waals surface area contributed by atoms with Crippen molar-refractivity contribution in [1.82, 2.24) is 10.2 Å². The average molecular weight is 465 g/mol. The number of benzene rings is 3. The number of aliphatic hydroxyl groups is 1. The lowest BCUT2D eigenvalue weighted by Crippen LogP contribution is -2.62. The number of para-hydroxylation sites is 1. The number of amides is 3. The summed E-state index contributed by atoms with van der Waals surface area (Å²) in [5.74, 6) is -0.687. The fraction of sp³-hybridized carbons (Fsp3) is 0.200. The van der Waals surface area contributed by atoms with Gasteiger partial charge in [-0.15, -0.1) is 0 Å². The Bertz CT molecular complexity index is 1140. The van der Waals surface area contributed by atoms with Crippen molar-refractivity contribution in [3.8, 4) is 0 Å². The molecule has 0 saturated carbocycles.